The zero-order valence-corrected chi connectivity index (χ0v) is 16.2. The Morgan fingerprint density at radius 1 is 1.23 bits per heavy atom. The Morgan fingerprint density at radius 2 is 1.88 bits per heavy atom. The third-order valence-corrected chi connectivity index (χ3v) is 3.39. The van der Waals surface area contributed by atoms with E-state index in [2.05, 4.69) is 10.2 Å². The van der Waals surface area contributed by atoms with Gasteiger partial charge in [0.15, 0.2) is 0 Å². The number of benzene rings is 1. The van der Waals surface area contributed by atoms with Gasteiger partial charge in [0.05, 0.1) is 6.61 Å². The van der Waals surface area contributed by atoms with E-state index in [4.69, 9.17) is 9.47 Å². The van der Waals surface area contributed by atoms with Crippen LogP contribution in [0.3, 0.4) is 0 Å². The van der Waals surface area contributed by atoms with E-state index in [1.807, 2.05) is 26.2 Å². The van der Waals surface area contributed by atoms with Crippen molar-refractivity contribution in [3.05, 3.63) is 29.8 Å². The topological polar surface area (TPSA) is 88.1 Å². The van der Waals surface area contributed by atoms with E-state index in [1.165, 1.54) is 0 Å². The average molecular weight is 366 g/mol. The molecule has 1 unspecified atom stereocenters. The van der Waals surface area contributed by atoms with E-state index >= 15 is 0 Å². The van der Waals surface area contributed by atoms with Crippen molar-refractivity contribution in [2.45, 2.75) is 45.3 Å². The van der Waals surface area contributed by atoms with Gasteiger partial charge in [-0.25, -0.2) is 9.59 Å². The van der Waals surface area contributed by atoms with Crippen LogP contribution in [-0.2, 0) is 16.0 Å². The van der Waals surface area contributed by atoms with Gasteiger partial charge in [-0.3, -0.25) is 0 Å². The number of carbonyl (C=O) groups excluding carboxylic acids is 1. The Morgan fingerprint density at radius 3 is 2.46 bits per heavy atom. The molecule has 0 aliphatic heterocycles. The van der Waals surface area contributed by atoms with Gasteiger partial charge >= 0.3 is 12.1 Å². The Bertz CT molecular complexity index is 596. The number of hydrogen-bond donors (Lipinski definition) is 2. The second-order valence-electron chi connectivity index (χ2n) is 7.35. The zero-order chi connectivity index (χ0) is 19.7. The number of rotatable bonds is 9. The van der Waals surface area contributed by atoms with Crippen LogP contribution in [0, 0.1) is 0 Å². The van der Waals surface area contributed by atoms with Crippen molar-refractivity contribution in [2.24, 2.45) is 0 Å². The lowest BCUT2D eigenvalue weighted by atomic mass is 10.0. The number of nitrogens with zero attached hydrogens (tertiary/aromatic N) is 1. The van der Waals surface area contributed by atoms with Crippen molar-refractivity contribution < 1.29 is 24.2 Å². The number of ether oxygens (including phenoxy) is 2. The normalized spacial score (nSPS) is 12.5. The summed E-state index contributed by atoms with van der Waals surface area (Å²) in [6, 6.07) is 6.15. The summed E-state index contributed by atoms with van der Waals surface area (Å²) in [7, 11) is 3.99. The van der Waals surface area contributed by atoms with Crippen LogP contribution in [0.4, 0.5) is 4.79 Å². The van der Waals surface area contributed by atoms with Gasteiger partial charge in [0.2, 0.25) is 0 Å². The molecule has 7 nitrogen and oxygen atoms in total. The molecule has 0 saturated carbocycles. The van der Waals surface area contributed by atoms with Crippen molar-refractivity contribution in [1.29, 1.82) is 0 Å². The Kier molecular flexibility index (Phi) is 8.38. The van der Waals surface area contributed by atoms with E-state index in [1.54, 1.807) is 32.9 Å². The largest absolute Gasteiger partial charge is 0.493 e. The maximum Gasteiger partial charge on any atom is 0.408 e. The first-order chi connectivity index (χ1) is 12.1. The lowest BCUT2D eigenvalue weighted by Crippen LogP contribution is -2.44. The summed E-state index contributed by atoms with van der Waals surface area (Å²) in [6.45, 7) is 6.60. The first kappa shape index (κ1) is 21.8. The molecule has 1 amide bonds. The lowest BCUT2D eigenvalue weighted by Gasteiger charge is -2.22. The van der Waals surface area contributed by atoms with Crippen LogP contribution in [0.1, 0.15) is 32.8 Å². The minimum Gasteiger partial charge on any atom is -0.493 e. The van der Waals surface area contributed by atoms with Crippen LogP contribution in [0.15, 0.2) is 24.3 Å². The van der Waals surface area contributed by atoms with Crippen molar-refractivity contribution in [3.8, 4) is 5.75 Å². The number of alkyl carbamates (subject to hydrolysis) is 1. The highest BCUT2D eigenvalue weighted by atomic mass is 16.6. The third-order valence-electron chi connectivity index (χ3n) is 3.39. The molecule has 0 fully saturated rings. The Hall–Kier alpha value is -2.28. The van der Waals surface area contributed by atoms with Crippen molar-refractivity contribution in [1.82, 2.24) is 10.2 Å². The molecule has 1 aromatic carbocycles. The lowest BCUT2D eigenvalue weighted by molar-refractivity contribution is -0.139. The predicted octanol–water partition coefficient (Wildman–Crippen LogP) is 2.54. The van der Waals surface area contributed by atoms with Crippen LogP contribution >= 0.6 is 0 Å². The fourth-order valence-corrected chi connectivity index (χ4v) is 2.25. The minimum absolute atomic E-state index is 0.110. The summed E-state index contributed by atoms with van der Waals surface area (Å²) >= 11 is 0. The van der Waals surface area contributed by atoms with Crippen LogP contribution in [0.5, 0.6) is 5.75 Å². The fourth-order valence-electron chi connectivity index (χ4n) is 2.25. The summed E-state index contributed by atoms with van der Waals surface area (Å²) in [6.07, 6.45) is 0.215. The molecule has 1 rings (SSSR count). The second kappa shape index (κ2) is 10.0. The van der Waals surface area contributed by atoms with Crippen molar-refractivity contribution in [2.75, 3.05) is 27.2 Å². The van der Waals surface area contributed by atoms with Gasteiger partial charge in [-0.05, 0) is 52.9 Å². The maximum absolute atomic E-state index is 11.9. The molecule has 0 aromatic heterocycles. The second-order valence-corrected chi connectivity index (χ2v) is 7.35. The number of aliphatic carboxylic acids is 1. The summed E-state index contributed by atoms with van der Waals surface area (Å²) in [4.78, 5) is 25.5. The zero-order valence-electron chi connectivity index (χ0n) is 16.2. The highest BCUT2D eigenvalue weighted by Gasteiger charge is 2.25. The monoisotopic (exact) mass is 366 g/mol. The van der Waals surface area contributed by atoms with Crippen LogP contribution in [0.25, 0.3) is 0 Å². The molecule has 0 aliphatic carbocycles. The quantitative estimate of drug-likeness (QED) is 0.653. The number of carboxylic acid groups (broad SMARTS) is 1. The van der Waals surface area contributed by atoms with Gasteiger partial charge < -0.3 is 24.8 Å². The van der Waals surface area contributed by atoms with E-state index in [0.717, 1.165) is 18.5 Å². The first-order valence-electron chi connectivity index (χ1n) is 8.66. The van der Waals surface area contributed by atoms with E-state index in [-0.39, 0.29) is 6.42 Å². The SMILES string of the molecule is CN(C)CCCOc1ccccc1CC(NC(=O)OC(C)(C)C)C(=O)O. The molecule has 146 valence electrons. The molecule has 7 heteroatoms. The average Bonchev–Trinajstić information content (AvgIpc) is 2.50. The van der Waals surface area contributed by atoms with Crippen molar-refractivity contribution in [3.63, 3.8) is 0 Å². The molecule has 1 atom stereocenters. The summed E-state index contributed by atoms with van der Waals surface area (Å²) in [5.74, 6) is -0.498. The molecule has 0 spiro atoms. The number of para-hydroxylation sites is 1. The fraction of sp³-hybridized carbons (Fsp3) is 0.579. The van der Waals surface area contributed by atoms with Crippen LogP contribution in [-0.4, -0.2) is 61.0 Å². The van der Waals surface area contributed by atoms with E-state index in [0.29, 0.717) is 12.4 Å². The molecular weight excluding hydrogens is 336 g/mol. The van der Waals surface area contributed by atoms with Gasteiger partial charge in [0.1, 0.15) is 17.4 Å². The van der Waals surface area contributed by atoms with E-state index < -0.39 is 23.7 Å². The number of hydrogen-bond acceptors (Lipinski definition) is 5. The van der Waals surface area contributed by atoms with Gasteiger partial charge in [0, 0.05) is 13.0 Å². The molecule has 1 aromatic rings. The smallest absolute Gasteiger partial charge is 0.408 e. The Balaban J connectivity index is 2.73. The van der Waals surface area contributed by atoms with Crippen LogP contribution < -0.4 is 10.1 Å². The molecule has 0 aliphatic rings. The highest BCUT2D eigenvalue weighted by Crippen LogP contribution is 2.20. The van der Waals surface area contributed by atoms with Gasteiger partial charge in [0.25, 0.3) is 0 Å². The van der Waals surface area contributed by atoms with E-state index in [9.17, 15) is 14.7 Å². The molecule has 0 saturated heterocycles. The minimum atomic E-state index is -1.13. The summed E-state index contributed by atoms with van der Waals surface area (Å²) < 4.78 is 10.9. The molecule has 0 radical (unpaired) electrons. The summed E-state index contributed by atoms with van der Waals surface area (Å²) in [5.41, 5.74) is 0.0291. The highest BCUT2D eigenvalue weighted by molar-refractivity contribution is 5.80. The third kappa shape index (κ3) is 8.71. The number of nitrogens with one attached hydrogen (secondary N) is 1. The van der Waals surface area contributed by atoms with Gasteiger partial charge in [-0.1, -0.05) is 18.2 Å². The molecule has 2 N–H and O–H groups in total. The Labute approximate surface area is 155 Å². The predicted molar refractivity (Wildman–Crippen MR) is 99.6 cm³/mol. The number of amides is 1. The number of carboxylic acids is 1. The van der Waals surface area contributed by atoms with Crippen LogP contribution in [0.2, 0.25) is 0 Å². The number of carbonyl (C=O) groups is 2. The summed E-state index contributed by atoms with van der Waals surface area (Å²) in [5, 5.41) is 11.8. The molecule has 26 heavy (non-hydrogen) atoms. The van der Waals surface area contributed by atoms with Gasteiger partial charge in [-0.2, -0.15) is 0 Å². The maximum atomic E-state index is 11.9. The first-order valence-corrected chi connectivity index (χ1v) is 8.66. The van der Waals surface area contributed by atoms with Crippen molar-refractivity contribution >= 4 is 12.1 Å². The standard InChI is InChI=1S/C19H30N2O5/c1-19(2,3)26-18(24)20-15(17(22)23)13-14-9-6-7-10-16(14)25-12-8-11-21(4)5/h6-7,9-10,15H,8,11-13H2,1-5H3,(H,20,24)(H,22,23). The molecular formula is C19H30N2O5. The molecule has 0 bridgehead atoms. The van der Waals surface area contributed by atoms with Gasteiger partial charge in [-0.15, -0.1) is 0 Å². The molecule has 0 heterocycles.